The largest absolute Gasteiger partial charge is 0.573 e. The Balaban J connectivity index is 2.07. The van der Waals surface area contributed by atoms with Crippen molar-refractivity contribution < 1.29 is 17.9 Å². The maximum Gasteiger partial charge on any atom is 0.573 e. The van der Waals surface area contributed by atoms with E-state index in [4.69, 9.17) is 0 Å². The van der Waals surface area contributed by atoms with E-state index in [1.807, 2.05) is 7.05 Å². The molecule has 3 nitrogen and oxygen atoms in total. The Kier molecular flexibility index (Phi) is 4.61. The van der Waals surface area contributed by atoms with Gasteiger partial charge in [0.15, 0.2) is 0 Å². The number of halogens is 3. The lowest BCUT2D eigenvalue weighted by Crippen LogP contribution is -2.19. The number of likely N-dealkylation sites (N-methyl/N-ethyl adjacent to an activating group) is 1. The molecule has 2 aromatic rings. The first kappa shape index (κ1) is 14.8. The number of alkyl halides is 3. The zero-order valence-corrected chi connectivity index (χ0v) is 11.5. The molecule has 1 N–H and O–H groups in total. The van der Waals surface area contributed by atoms with Crippen LogP contribution in [0.4, 0.5) is 13.2 Å². The lowest BCUT2D eigenvalue weighted by atomic mass is 10.0. The van der Waals surface area contributed by atoms with Crippen LogP contribution in [0, 0.1) is 0 Å². The normalized spacial score (nSPS) is 13.2. The third-order valence-corrected chi connectivity index (χ3v) is 3.56. The minimum Gasteiger partial charge on any atom is -0.406 e. The Hall–Kier alpha value is -1.60. The summed E-state index contributed by atoms with van der Waals surface area (Å²) < 4.78 is 40.1. The van der Waals surface area contributed by atoms with Gasteiger partial charge in [0.25, 0.3) is 0 Å². The second kappa shape index (κ2) is 6.23. The number of aromatic nitrogens is 1. The number of rotatable bonds is 5. The second-order valence-electron chi connectivity index (χ2n) is 4.13. The number of benzene rings is 1. The molecule has 0 saturated carbocycles. The van der Waals surface area contributed by atoms with E-state index in [2.05, 4.69) is 15.0 Å². The zero-order chi connectivity index (χ0) is 14.6. The smallest absolute Gasteiger partial charge is 0.406 e. The number of ether oxygens (including phenoxy) is 1. The van der Waals surface area contributed by atoms with Crippen molar-refractivity contribution in [3.05, 3.63) is 46.4 Å². The molecule has 0 spiro atoms. The number of hydrogen-bond donors (Lipinski definition) is 1. The van der Waals surface area contributed by atoms with Crippen LogP contribution in [0.1, 0.15) is 16.5 Å². The van der Waals surface area contributed by atoms with Gasteiger partial charge in [0.1, 0.15) is 5.75 Å². The van der Waals surface area contributed by atoms with Crippen molar-refractivity contribution >= 4 is 11.3 Å². The van der Waals surface area contributed by atoms with Crippen LogP contribution in [0.25, 0.3) is 0 Å². The Morgan fingerprint density at radius 2 is 2.00 bits per heavy atom. The molecule has 0 fully saturated rings. The minimum absolute atomic E-state index is 0.0235. The van der Waals surface area contributed by atoms with Crippen molar-refractivity contribution in [1.29, 1.82) is 0 Å². The third-order valence-electron chi connectivity index (χ3n) is 2.75. The van der Waals surface area contributed by atoms with Gasteiger partial charge in [0, 0.05) is 23.5 Å². The van der Waals surface area contributed by atoms with Gasteiger partial charge >= 0.3 is 6.36 Å². The van der Waals surface area contributed by atoms with Gasteiger partial charge in [-0.2, -0.15) is 0 Å². The highest BCUT2D eigenvalue weighted by atomic mass is 32.1. The van der Waals surface area contributed by atoms with Crippen LogP contribution < -0.4 is 10.1 Å². The number of thiazole rings is 1. The molecule has 1 aromatic carbocycles. The van der Waals surface area contributed by atoms with E-state index in [0.29, 0.717) is 0 Å². The highest BCUT2D eigenvalue weighted by Gasteiger charge is 2.31. The summed E-state index contributed by atoms with van der Waals surface area (Å²) in [5, 5.41) is 3.14. The summed E-state index contributed by atoms with van der Waals surface area (Å²) in [6, 6.07) is 5.92. The molecule has 0 aliphatic rings. The third kappa shape index (κ3) is 4.21. The van der Waals surface area contributed by atoms with E-state index in [-0.39, 0.29) is 11.8 Å². The molecule has 1 heterocycles. The van der Waals surface area contributed by atoms with Gasteiger partial charge in [-0.3, -0.25) is 4.98 Å². The standard InChI is InChI=1S/C13H13F3N2OS/c1-17-12(6-11-7-18-8-20-11)9-2-4-10(5-3-9)19-13(14,15)16/h2-5,7-8,12,17H,6H2,1H3. The molecule has 2 rings (SSSR count). The summed E-state index contributed by atoms with van der Waals surface area (Å²) in [4.78, 5) is 5.11. The van der Waals surface area contributed by atoms with Crippen LogP contribution in [0.2, 0.25) is 0 Å². The minimum atomic E-state index is -4.66. The monoisotopic (exact) mass is 302 g/mol. The molecule has 0 amide bonds. The molecule has 1 unspecified atom stereocenters. The molecule has 20 heavy (non-hydrogen) atoms. The SMILES string of the molecule is CNC(Cc1cncs1)c1ccc(OC(F)(F)F)cc1. The average Bonchev–Trinajstić information content (AvgIpc) is 2.88. The van der Waals surface area contributed by atoms with E-state index >= 15 is 0 Å². The van der Waals surface area contributed by atoms with Gasteiger partial charge in [-0.1, -0.05) is 12.1 Å². The van der Waals surface area contributed by atoms with Crippen LogP contribution in [0.15, 0.2) is 36.0 Å². The van der Waals surface area contributed by atoms with Gasteiger partial charge in [0.2, 0.25) is 0 Å². The zero-order valence-electron chi connectivity index (χ0n) is 10.6. The van der Waals surface area contributed by atoms with E-state index in [1.165, 1.54) is 12.1 Å². The Bertz CT molecular complexity index is 526. The average molecular weight is 302 g/mol. The Morgan fingerprint density at radius 1 is 1.30 bits per heavy atom. The summed E-state index contributed by atoms with van der Waals surface area (Å²) >= 11 is 1.55. The van der Waals surface area contributed by atoms with Crippen LogP contribution in [0.3, 0.4) is 0 Å². The van der Waals surface area contributed by atoms with Gasteiger partial charge < -0.3 is 10.1 Å². The topological polar surface area (TPSA) is 34.2 Å². The van der Waals surface area contributed by atoms with Crippen LogP contribution in [0.5, 0.6) is 5.75 Å². The summed E-state index contributed by atoms with van der Waals surface area (Å²) in [5.74, 6) is -0.214. The van der Waals surface area contributed by atoms with E-state index in [9.17, 15) is 13.2 Å². The van der Waals surface area contributed by atoms with Gasteiger partial charge in [-0.25, -0.2) is 0 Å². The first-order valence-corrected chi connectivity index (χ1v) is 6.76. The fourth-order valence-electron chi connectivity index (χ4n) is 1.83. The number of hydrogen-bond acceptors (Lipinski definition) is 4. The summed E-state index contributed by atoms with van der Waals surface area (Å²) in [6.45, 7) is 0. The maximum absolute atomic E-state index is 12.1. The molecular weight excluding hydrogens is 289 g/mol. The Labute approximate surface area is 118 Å². The van der Waals surface area contributed by atoms with Crippen molar-refractivity contribution in [2.75, 3.05) is 7.05 Å². The Morgan fingerprint density at radius 3 is 2.50 bits per heavy atom. The fourth-order valence-corrected chi connectivity index (χ4v) is 2.47. The van der Waals surface area contributed by atoms with Crippen LogP contribution >= 0.6 is 11.3 Å². The molecule has 108 valence electrons. The van der Waals surface area contributed by atoms with Gasteiger partial charge in [-0.05, 0) is 24.7 Å². The van der Waals surface area contributed by atoms with Crippen molar-refractivity contribution in [3.63, 3.8) is 0 Å². The van der Waals surface area contributed by atoms with Crippen LogP contribution in [-0.4, -0.2) is 18.4 Å². The summed E-state index contributed by atoms with van der Waals surface area (Å²) in [7, 11) is 1.81. The fraction of sp³-hybridized carbons (Fsp3) is 0.308. The highest BCUT2D eigenvalue weighted by molar-refractivity contribution is 7.09. The second-order valence-corrected chi connectivity index (χ2v) is 5.10. The maximum atomic E-state index is 12.1. The number of nitrogens with zero attached hydrogens (tertiary/aromatic N) is 1. The van der Waals surface area contributed by atoms with E-state index in [1.54, 1.807) is 35.2 Å². The molecule has 1 aromatic heterocycles. The van der Waals surface area contributed by atoms with E-state index < -0.39 is 6.36 Å². The van der Waals surface area contributed by atoms with Crippen molar-refractivity contribution in [2.45, 2.75) is 18.8 Å². The molecule has 0 aliphatic heterocycles. The molecule has 0 bridgehead atoms. The molecule has 0 aliphatic carbocycles. The summed E-state index contributed by atoms with van der Waals surface area (Å²) in [5.41, 5.74) is 2.65. The first-order chi connectivity index (χ1) is 9.48. The lowest BCUT2D eigenvalue weighted by Gasteiger charge is -2.16. The molecule has 7 heteroatoms. The van der Waals surface area contributed by atoms with Crippen LogP contribution in [-0.2, 0) is 6.42 Å². The van der Waals surface area contributed by atoms with Gasteiger partial charge in [-0.15, -0.1) is 24.5 Å². The predicted octanol–water partition coefficient (Wildman–Crippen LogP) is 3.54. The van der Waals surface area contributed by atoms with Gasteiger partial charge in [0.05, 0.1) is 5.51 Å². The lowest BCUT2D eigenvalue weighted by molar-refractivity contribution is -0.274. The predicted molar refractivity (Wildman–Crippen MR) is 70.7 cm³/mol. The quantitative estimate of drug-likeness (QED) is 0.917. The van der Waals surface area contributed by atoms with E-state index in [0.717, 1.165) is 16.9 Å². The van der Waals surface area contributed by atoms with Crippen molar-refractivity contribution in [3.8, 4) is 5.75 Å². The first-order valence-electron chi connectivity index (χ1n) is 5.88. The summed E-state index contributed by atoms with van der Waals surface area (Å²) in [6.07, 6.45) is -2.14. The van der Waals surface area contributed by atoms with Crippen molar-refractivity contribution in [2.24, 2.45) is 0 Å². The molecule has 0 saturated heterocycles. The van der Waals surface area contributed by atoms with Crippen molar-refractivity contribution in [1.82, 2.24) is 10.3 Å². The number of nitrogens with one attached hydrogen (secondary N) is 1. The highest BCUT2D eigenvalue weighted by Crippen LogP contribution is 2.26. The molecule has 0 radical (unpaired) electrons. The molecular formula is C13H13F3N2OS. The molecule has 1 atom stereocenters.